The quantitative estimate of drug-likeness (QED) is 0.614. The molecular weight excluding hydrogens is 380 g/mol. The molecule has 1 aromatic carbocycles. The van der Waals surface area contributed by atoms with E-state index in [-0.39, 0.29) is 18.3 Å². The van der Waals surface area contributed by atoms with Gasteiger partial charge in [0.1, 0.15) is 17.5 Å². The van der Waals surface area contributed by atoms with Crippen LogP contribution in [0.3, 0.4) is 0 Å². The third kappa shape index (κ3) is 3.29. The number of nitrogens with one attached hydrogen (secondary N) is 1. The van der Waals surface area contributed by atoms with E-state index in [2.05, 4.69) is 21.5 Å². The van der Waals surface area contributed by atoms with Crippen LogP contribution in [0.25, 0.3) is 22.4 Å². The lowest BCUT2D eigenvalue weighted by Gasteiger charge is -2.24. The maximum Gasteiger partial charge on any atom is 0.221 e. The summed E-state index contributed by atoms with van der Waals surface area (Å²) >= 11 is 0. The highest BCUT2D eigenvalue weighted by atomic mass is 16.3. The number of nitrogen functional groups attached to an aromatic ring is 1. The number of hydrogen-bond acceptors (Lipinski definition) is 6. The van der Waals surface area contributed by atoms with Crippen molar-refractivity contribution in [2.45, 2.75) is 33.2 Å². The number of pyridine rings is 1. The summed E-state index contributed by atoms with van der Waals surface area (Å²) in [5, 5.41) is 26.3. The molecule has 0 bridgehead atoms. The van der Waals surface area contributed by atoms with Crippen molar-refractivity contribution in [3.63, 3.8) is 0 Å². The van der Waals surface area contributed by atoms with Gasteiger partial charge in [0.25, 0.3) is 0 Å². The van der Waals surface area contributed by atoms with E-state index in [1.54, 1.807) is 4.68 Å². The summed E-state index contributed by atoms with van der Waals surface area (Å²) in [5.74, 6) is 0.0594. The monoisotopic (exact) mass is 402 g/mol. The number of anilines is 2. The largest absolute Gasteiger partial charge is 0.394 e. The fourth-order valence-corrected chi connectivity index (χ4v) is 4.07. The van der Waals surface area contributed by atoms with Crippen molar-refractivity contribution < 1.29 is 9.90 Å². The zero-order chi connectivity index (χ0) is 21.4. The van der Waals surface area contributed by atoms with Crippen LogP contribution >= 0.6 is 0 Å². The van der Waals surface area contributed by atoms with Crippen LogP contribution in [0.5, 0.6) is 0 Å². The number of nitriles is 1. The van der Waals surface area contributed by atoms with Crippen LogP contribution in [0.2, 0.25) is 0 Å². The molecule has 0 atom stereocenters. The number of hydrogen-bond donors (Lipinski definition) is 3. The summed E-state index contributed by atoms with van der Waals surface area (Å²) in [5.41, 5.74) is 13.4. The van der Waals surface area contributed by atoms with Crippen molar-refractivity contribution in [3.05, 3.63) is 46.8 Å². The number of benzene rings is 1. The zero-order valence-electron chi connectivity index (χ0n) is 16.9. The maximum absolute atomic E-state index is 11.4. The van der Waals surface area contributed by atoms with Gasteiger partial charge in [-0.25, -0.2) is 4.98 Å². The van der Waals surface area contributed by atoms with Crippen LogP contribution in [-0.4, -0.2) is 32.4 Å². The number of aryl methyl sites for hydroxylation is 2. The first kappa shape index (κ1) is 19.6. The van der Waals surface area contributed by atoms with Gasteiger partial charge in [0, 0.05) is 35.5 Å². The molecule has 0 saturated heterocycles. The molecule has 0 aliphatic heterocycles. The number of aliphatic hydroxyl groups is 1. The Kier molecular flexibility index (Phi) is 4.98. The van der Waals surface area contributed by atoms with Gasteiger partial charge in [-0.05, 0) is 43.0 Å². The Morgan fingerprint density at radius 3 is 2.87 bits per heavy atom. The SMILES string of the molecule is CC(=O)Nc1ccc2c(c1)CCc1c-2nc(N)c(C#N)c1-c1cn(CCO)nc1C. The highest BCUT2D eigenvalue weighted by Gasteiger charge is 2.27. The molecule has 2 heterocycles. The lowest BCUT2D eigenvalue weighted by Crippen LogP contribution is -2.13. The molecular formula is C22H22N6O2. The molecule has 2 aromatic heterocycles. The fraction of sp³-hybridized carbons (Fsp3) is 0.273. The number of rotatable bonds is 4. The van der Waals surface area contributed by atoms with Crippen LogP contribution in [0.4, 0.5) is 11.5 Å². The predicted octanol–water partition coefficient (Wildman–Crippen LogP) is 2.42. The van der Waals surface area contributed by atoms with E-state index in [1.165, 1.54) is 6.92 Å². The predicted molar refractivity (Wildman–Crippen MR) is 114 cm³/mol. The summed E-state index contributed by atoms with van der Waals surface area (Å²) in [4.78, 5) is 16.0. The number of nitrogens with zero attached hydrogens (tertiary/aromatic N) is 4. The van der Waals surface area contributed by atoms with E-state index in [4.69, 9.17) is 5.73 Å². The third-order valence-electron chi connectivity index (χ3n) is 5.31. The molecule has 0 unspecified atom stereocenters. The van der Waals surface area contributed by atoms with E-state index >= 15 is 0 Å². The van der Waals surface area contributed by atoms with Crippen molar-refractivity contribution >= 4 is 17.4 Å². The van der Waals surface area contributed by atoms with Gasteiger partial charge in [-0.3, -0.25) is 9.48 Å². The van der Waals surface area contributed by atoms with Crippen molar-refractivity contribution in [3.8, 4) is 28.5 Å². The highest BCUT2D eigenvalue weighted by molar-refractivity contribution is 5.91. The molecule has 3 aromatic rings. The molecule has 4 rings (SSSR count). The van der Waals surface area contributed by atoms with Gasteiger partial charge in [0.2, 0.25) is 5.91 Å². The van der Waals surface area contributed by atoms with E-state index < -0.39 is 0 Å². The van der Waals surface area contributed by atoms with Crippen LogP contribution in [0, 0.1) is 18.3 Å². The zero-order valence-corrected chi connectivity index (χ0v) is 16.9. The van der Waals surface area contributed by atoms with Gasteiger partial charge in [0.15, 0.2) is 0 Å². The Morgan fingerprint density at radius 2 is 2.17 bits per heavy atom. The Balaban J connectivity index is 1.92. The summed E-state index contributed by atoms with van der Waals surface area (Å²) in [7, 11) is 0. The highest BCUT2D eigenvalue weighted by Crippen LogP contribution is 2.42. The van der Waals surface area contributed by atoms with E-state index in [9.17, 15) is 15.2 Å². The van der Waals surface area contributed by atoms with Crippen molar-refractivity contribution in [2.75, 3.05) is 17.7 Å². The van der Waals surface area contributed by atoms with Gasteiger partial charge >= 0.3 is 0 Å². The smallest absolute Gasteiger partial charge is 0.221 e. The number of aliphatic hydroxyl groups excluding tert-OH is 1. The molecule has 8 nitrogen and oxygen atoms in total. The average molecular weight is 402 g/mol. The number of carbonyl (C=O) groups is 1. The molecule has 1 aliphatic carbocycles. The second-order valence-corrected chi connectivity index (χ2v) is 7.35. The molecule has 0 saturated carbocycles. The van der Waals surface area contributed by atoms with Crippen LogP contribution in [0.15, 0.2) is 24.4 Å². The lowest BCUT2D eigenvalue weighted by atomic mass is 9.83. The molecule has 0 radical (unpaired) electrons. The Labute approximate surface area is 174 Å². The first-order valence-electron chi connectivity index (χ1n) is 9.71. The molecule has 4 N–H and O–H groups in total. The number of aromatic nitrogens is 3. The Morgan fingerprint density at radius 1 is 1.37 bits per heavy atom. The summed E-state index contributed by atoms with van der Waals surface area (Å²) < 4.78 is 1.67. The minimum Gasteiger partial charge on any atom is -0.394 e. The van der Waals surface area contributed by atoms with Gasteiger partial charge in [-0.15, -0.1) is 0 Å². The van der Waals surface area contributed by atoms with Crippen molar-refractivity contribution in [1.82, 2.24) is 14.8 Å². The van der Waals surface area contributed by atoms with Crippen molar-refractivity contribution in [2.24, 2.45) is 0 Å². The third-order valence-corrected chi connectivity index (χ3v) is 5.31. The second kappa shape index (κ2) is 7.61. The Bertz CT molecular complexity index is 1210. The molecule has 30 heavy (non-hydrogen) atoms. The van der Waals surface area contributed by atoms with E-state index in [0.29, 0.717) is 18.5 Å². The number of carbonyl (C=O) groups excluding carboxylic acids is 1. The molecule has 0 fully saturated rings. The first-order chi connectivity index (χ1) is 14.4. The average Bonchev–Trinajstić information content (AvgIpc) is 3.06. The normalized spacial score (nSPS) is 12.1. The van der Waals surface area contributed by atoms with E-state index in [0.717, 1.165) is 51.3 Å². The van der Waals surface area contributed by atoms with Gasteiger partial charge in [0.05, 0.1) is 24.5 Å². The van der Waals surface area contributed by atoms with Gasteiger partial charge < -0.3 is 16.2 Å². The maximum atomic E-state index is 11.4. The lowest BCUT2D eigenvalue weighted by molar-refractivity contribution is -0.114. The van der Waals surface area contributed by atoms with Crippen LogP contribution in [0.1, 0.15) is 29.3 Å². The minimum atomic E-state index is -0.121. The van der Waals surface area contributed by atoms with E-state index in [1.807, 2.05) is 31.3 Å². The minimum absolute atomic E-state index is 0.0216. The van der Waals surface area contributed by atoms with Gasteiger partial charge in [-0.1, -0.05) is 6.07 Å². The van der Waals surface area contributed by atoms with Crippen LogP contribution < -0.4 is 11.1 Å². The second-order valence-electron chi connectivity index (χ2n) is 7.35. The Hall–Kier alpha value is -3.70. The van der Waals surface area contributed by atoms with Crippen LogP contribution in [-0.2, 0) is 24.2 Å². The fourth-order valence-electron chi connectivity index (χ4n) is 4.07. The molecule has 0 spiro atoms. The summed E-state index contributed by atoms with van der Waals surface area (Å²) in [6.45, 7) is 3.71. The number of fused-ring (bicyclic) bond motifs is 3. The topological polar surface area (TPSA) is 130 Å². The summed E-state index contributed by atoms with van der Waals surface area (Å²) in [6, 6.07) is 7.95. The van der Waals surface area contributed by atoms with Gasteiger partial charge in [-0.2, -0.15) is 10.4 Å². The van der Waals surface area contributed by atoms with Crippen molar-refractivity contribution in [1.29, 1.82) is 5.26 Å². The molecule has 152 valence electrons. The summed E-state index contributed by atoms with van der Waals surface area (Å²) in [6.07, 6.45) is 3.29. The molecule has 8 heteroatoms. The standard InChI is InChI=1S/C22H22N6O2/c1-12-19(11-28(27-12)7-8-29)20-17-5-3-14-9-15(25-13(2)30)4-6-16(14)21(17)26-22(24)18(20)10-23/h4,6,9,11,29H,3,5,7-8H2,1-2H3,(H2,24,26)(H,25,30). The number of nitrogens with two attached hydrogens (primary N) is 1. The number of amides is 1. The molecule has 1 aliphatic rings. The molecule has 1 amide bonds. The first-order valence-corrected chi connectivity index (χ1v) is 9.71.